The molecule has 7 nitrogen and oxygen atoms in total. The van der Waals surface area contributed by atoms with Crippen molar-refractivity contribution in [1.82, 2.24) is 14.8 Å². The normalized spacial score (nSPS) is 21.3. The number of benzene rings is 2. The van der Waals surface area contributed by atoms with Gasteiger partial charge in [0.05, 0.1) is 17.5 Å². The van der Waals surface area contributed by atoms with E-state index in [-0.39, 0.29) is 17.8 Å². The van der Waals surface area contributed by atoms with Gasteiger partial charge in [-0.05, 0) is 36.1 Å². The first-order valence-corrected chi connectivity index (χ1v) is 12.2. The fourth-order valence-corrected chi connectivity index (χ4v) is 5.56. The van der Waals surface area contributed by atoms with Crippen LogP contribution < -0.4 is 0 Å². The van der Waals surface area contributed by atoms with Gasteiger partial charge < -0.3 is 14.5 Å². The predicted octanol–water partition coefficient (Wildman–Crippen LogP) is 3.78. The van der Waals surface area contributed by atoms with Gasteiger partial charge in [-0.25, -0.2) is 4.79 Å². The predicted molar refractivity (Wildman–Crippen MR) is 133 cm³/mol. The van der Waals surface area contributed by atoms with Gasteiger partial charge in [0.25, 0.3) is 5.91 Å². The summed E-state index contributed by atoms with van der Waals surface area (Å²) in [4.78, 5) is 45.9. The van der Waals surface area contributed by atoms with Crippen LogP contribution in [0.3, 0.4) is 0 Å². The van der Waals surface area contributed by atoms with Crippen LogP contribution in [-0.4, -0.2) is 59.8 Å². The van der Waals surface area contributed by atoms with E-state index >= 15 is 0 Å². The summed E-state index contributed by atoms with van der Waals surface area (Å²) >= 11 is 0. The molecule has 7 heteroatoms. The highest BCUT2D eigenvalue weighted by Crippen LogP contribution is 2.52. The third kappa shape index (κ3) is 3.41. The summed E-state index contributed by atoms with van der Waals surface area (Å²) < 4.78 is 5.84. The van der Waals surface area contributed by atoms with Gasteiger partial charge in [-0.2, -0.15) is 0 Å². The Morgan fingerprint density at radius 1 is 0.944 bits per heavy atom. The largest absolute Gasteiger partial charge is 0.449 e. The van der Waals surface area contributed by atoms with Crippen LogP contribution >= 0.6 is 0 Å². The van der Waals surface area contributed by atoms with E-state index in [9.17, 15) is 14.4 Å². The Hall–Kier alpha value is -4.00. The van der Waals surface area contributed by atoms with E-state index in [0.717, 1.165) is 35.1 Å². The van der Waals surface area contributed by atoms with Gasteiger partial charge in [0.2, 0.25) is 5.91 Å². The second kappa shape index (κ2) is 8.01. The molecular formula is C29H27N3O4. The molecule has 0 radical (unpaired) electrons. The summed E-state index contributed by atoms with van der Waals surface area (Å²) in [6.07, 6.45) is 3.95. The van der Waals surface area contributed by atoms with Crippen LogP contribution in [0.2, 0.25) is 0 Å². The third-order valence-electron chi connectivity index (χ3n) is 7.76. The van der Waals surface area contributed by atoms with Crippen LogP contribution in [-0.2, 0) is 20.5 Å². The molecule has 3 aromatic rings. The molecule has 36 heavy (non-hydrogen) atoms. The quantitative estimate of drug-likeness (QED) is 0.530. The number of carbonyl (C=O) groups excluding carboxylic acids is 3. The highest BCUT2D eigenvalue weighted by Gasteiger charge is 2.57. The Balaban J connectivity index is 1.19. The number of fused-ring (bicyclic) bond motifs is 2. The minimum Gasteiger partial charge on any atom is -0.449 e. The monoisotopic (exact) mass is 481 g/mol. The van der Waals surface area contributed by atoms with Gasteiger partial charge in [0.1, 0.15) is 5.69 Å². The number of hydrogen-bond acceptors (Lipinski definition) is 5. The molecule has 2 aromatic carbocycles. The van der Waals surface area contributed by atoms with Gasteiger partial charge in [-0.1, -0.05) is 48.5 Å². The number of nitrogens with zero attached hydrogens (tertiary/aromatic N) is 3. The highest BCUT2D eigenvalue weighted by atomic mass is 16.6. The van der Waals surface area contributed by atoms with E-state index in [1.807, 2.05) is 53.4 Å². The molecule has 182 valence electrons. The summed E-state index contributed by atoms with van der Waals surface area (Å²) in [5.74, 6) is -0.323. The summed E-state index contributed by atoms with van der Waals surface area (Å²) in [6.45, 7) is 0.974. The number of amides is 2. The molecule has 1 spiro atoms. The number of rotatable bonds is 4. The molecule has 3 heterocycles. The zero-order valence-electron chi connectivity index (χ0n) is 20.4. The highest BCUT2D eigenvalue weighted by molar-refractivity contribution is 5.96. The van der Waals surface area contributed by atoms with E-state index in [2.05, 4.69) is 4.98 Å². The molecule has 6 rings (SSSR count). The molecule has 1 saturated heterocycles. The van der Waals surface area contributed by atoms with Crippen molar-refractivity contribution in [3.8, 4) is 11.1 Å². The minimum absolute atomic E-state index is 0.112. The van der Waals surface area contributed by atoms with Crippen molar-refractivity contribution in [2.24, 2.45) is 0 Å². The van der Waals surface area contributed by atoms with Gasteiger partial charge in [-0.3, -0.25) is 14.6 Å². The lowest BCUT2D eigenvalue weighted by atomic mass is 9.91. The fourth-order valence-electron chi connectivity index (χ4n) is 5.56. The number of esters is 1. The maximum atomic E-state index is 13.7. The minimum atomic E-state index is -0.726. The Morgan fingerprint density at radius 2 is 1.67 bits per heavy atom. The lowest BCUT2D eigenvalue weighted by molar-refractivity contribution is -0.134. The molecule has 2 amide bonds. The van der Waals surface area contributed by atoms with E-state index < -0.39 is 11.0 Å². The van der Waals surface area contributed by atoms with Crippen LogP contribution in [0.15, 0.2) is 66.9 Å². The van der Waals surface area contributed by atoms with Crippen molar-refractivity contribution in [1.29, 1.82) is 0 Å². The summed E-state index contributed by atoms with van der Waals surface area (Å²) in [5.41, 5.74) is 3.57. The molecular weight excluding hydrogens is 454 g/mol. The maximum absolute atomic E-state index is 13.7. The first-order valence-electron chi connectivity index (χ1n) is 12.2. The topological polar surface area (TPSA) is 79.8 Å². The number of aromatic nitrogens is 1. The summed E-state index contributed by atoms with van der Waals surface area (Å²) in [7, 11) is 3.40. The lowest BCUT2D eigenvalue weighted by Crippen LogP contribution is -2.40. The van der Waals surface area contributed by atoms with Crippen molar-refractivity contribution in [3.05, 3.63) is 89.2 Å². The van der Waals surface area contributed by atoms with Crippen molar-refractivity contribution in [2.45, 2.75) is 30.3 Å². The number of carbonyl (C=O) groups is 3. The molecule has 0 bridgehead atoms. The average molecular weight is 482 g/mol. The summed E-state index contributed by atoms with van der Waals surface area (Å²) in [5, 5.41) is 0. The number of pyridine rings is 1. The average Bonchev–Trinajstić information content (AvgIpc) is 3.54. The molecule has 1 saturated carbocycles. The first-order chi connectivity index (χ1) is 17.3. The lowest BCUT2D eigenvalue weighted by Gasteiger charge is -2.27. The van der Waals surface area contributed by atoms with Crippen LogP contribution in [0.25, 0.3) is 11.1 Å². The maximum Gasteiger partial charge on any atom is 0.339 e. The van der Waals surface area contributed by atoms with E-state index in [0.29, 0.717) is 30.8 Å². The second-order valence-electron chi connectivity index (χ2n) is 10.2. The Labute approximate surface area is 209 Å². The smallest absolute Gasteiger partial charge is 0.339 e. The number of hydrogen-bond donors (Lipinski definition) is 0. The van der Waals surface area contributed by atoms with E-state index in [1.165, 1.54) is 4.90 Å². The molecule has 1 unspecified atom stereocenters. The van der Waals surface area contributed by atoms with E-state index in [4.69, 9.17) is 4.74 Å². The summed E-state index contributed by atoms with van der Waals surface area (Å²) in [6, 6.07) is 19.2. The van der Waals surface area contributed by atoms with Crippen molar-refractivity contribution < 1.29 is 19.1 Å². The second-order valence-corrected chi connectivity index (χ2v) is 10.2. The Kier molecular flexibility index (Phi) is 5.00. The van der Waals surface area contributed by atoms with Gasteiger partial charge in [-0.15, -0.1) is 0 Å². The SMILES string of the molecule is CN(C)C(=O)c1ccc(-c2ccc(C3(C(=O)N4CCC5(C4)OC(=O)c4ccccc45)CC3)cc2)cn1. The van der Waals surface area contributed by atoms with Gasteiger partial charge in [0.15, 0.2) is 5.60 Å². The molecule has 2 fully saturated rings. The number of likely N-dealkylation sites (tertiary alicyclic amines) is 1. The number of ether oxygens (including phenoxy) is 1. The molecule has 2 aliphatic heterocycles. The Morgan fingerprint density at radius 3 is 2.33 bits per heavy atom. The molecule has 3 aliphatic rings. The zero-order valence-corrected chi connectivity index (χ0v) is 20.4. The van der Waals surface area contributed by atoms with Gasteiger partial charge >= 0.3 is 5.97 Å². The van der Waals surface area contributed by atoms with Crippen LogP contribution in [0.5, 0.6) is 0 Å². The van der Waals surface area contributed by atoms with E-state index in [1.54, 1.807) is 32.4 Å². The van der Waals surface area contributed by atoms with Crippen molar-refractivity contribution in [3.63, 3.8) is 0 Å². The standard InChI is InChI=1S/C29H27N3O4/c1-31(2)25(33)24-12-9-20(17-30-24)19-7-10-21(11-8-19)28(13-14-28)27(35)32-16-15-29(18-32)23-6-4-3-5-22(23)26(34)36-29/h3-12,17H,13-16,18H2,1-2H3. The third-order valence-corrected chi connectivity index (χ3v) is 7.76. The molecule has 1 atom stereocenters. The van der Waals surface area contributed by atoms with Crippen molar-refractivity contribution >= 4 is 17.8 Å². The molecule has 1 aliphatic carbocycles. The first kappa shape index (κ1) is 22.5. The van der Waals surface area contributed by atoms with Crippen molar-refractivity contribution in [2.75, 3.05) is 27.2 Å². The molecule has 1 aromatic heterocycles. The Bertz CT molecular complexity index is 1380. The fraction of sp³-hybridized carbons (Fsp3) is 0.310. The zero-order chi connectivity index (χ0) is 25.1. The van der Waals surface area contributed by atoms with Crippen LogP contribution in [0, 0.1) is 0 Å². The van der Waals surface area contributed by atoms with Crippen LogP contribution in [0.1, 0.15) is 51.2 Å². The van der Waals surface area contributed by atoms with Crippen LogP contribution in [0.4, 0.5) is 0 Å². The van der Waals surface area contributed by atoms with Gasteiger partial charge in [0, 0.05) is 44.4 Å². The molecule has 0 N–H and O–H groups in total.